The Kier molecular flexibility index (Phi) is 4.71. The Hall–Kier alpha value is -2.62. The van der Waals surface area contributed by atoms with Gasteiger partial charge in [0, 0.05) is 31.4 Å². The topological polar surface area (TPSA) is 52.6 Å². The van der Waals surface area contributed by atoms with Crippen molar-refractivity contribution < 1.29 is 19.1 Å². The van der Waals surface area contributed by atoms with Crippen molar-refractivity contribution >= 4 is 17.8 Å². The number of rotatable bonds is 4. The van der Waals surface area contributed by atoms with E-state index in [1.54, 1.807) is 12.2 Å². The number of ether oxygens (including phenoxy) is 2. The number of esters is 1. The van der Waals surface area contributed by atoms with Gasteiger partial charge in [-0.05, 0) is 11.6 Å². The Morgan fingerprint density at radius 1 is 1.04 bits per heavy atom. The van der Waals surface area contributed by atoms with Crippen LogP contribution >= 0.6 is 0 Å². The zero-order valence-electron chi connectivity index (χ0n) is 12.7. The Labute approximate surface area is 135 Å². The lowest BCUT2D eigenvalue weighted by atomic mass is 10.0. The van der Waals surface area contributed by atoms with Gasteiger partial charge in [-0.2, -0.15) is 0 Å². The van der Waals surface area contributed by atoms with E-state index in [0.29, 0.717) is 25.0 Å². The maximum Gasteiger partial charge on any atom is 0.330 e. The summed E-state index contributed by atoms with van der Waals surface area (Å²) in [5, 5.41) is 0. The van der Waals surface area contributed by atoms with Crippen LogP contribution < -0.4 is 0 Å². The van der Waals surface area contributed by atoms with E-state index in [0.717, 1.165) is 5.56 Å². The highest BCUT2D eigenvalue weighted by molar-refractivity contribution is 5.91. The van der Waals surface area contributed by atoms with Crippen molar-refractivity contribution in [1.29, 1.82) is 0 Å². The average Bonchev–Trinajstić information content (AvgIpc) is 2.53. The van der Waals surface area contributed by atoms with Crippen LogP contribution in [0.15, 0.2) is 60.4 Å². The second-order valence-electron chi connectivity index (χ2n) is 5.63. The first-order valence-electron chi connectivity index (χ1n) is 7.70. The third-order valence-electron chi connectivity index (χ3n) is 3.74. The molecule has 0 bridgehead atoms. The van der Waals surface area contributed by atoms with Gasteiger partial charge in [-0.3, -0.25) is 4.79 Å². The minimum Gasteiger partial charge on any atom is -0.490 e. The molecule has 2 aliphatic rings. The van der Waals surface area contributed by atoms with Crippen LogP contribution in [0.1, 0.15) is 24.8 Å². The van der Waals surface area contributed by atoms with E-state index in [4.69, 9.17) is 9.47 Å². The molecule has 2 heterocycles. The molecule has 0 saturated heterocycles. The minimum absolute atomic E-state index is 0.0339. The summed E-state index contributed by atoms with van der Waals surface area (Å²) in [7, 11) is 0. The predicted molar refractivity (Wildman–Crippen MR) is 86.3 cm³/mol. The van der Waals surface area contributed by atoms with Crippen LogP contribution in [0.3, 0.4) is 0 Å². The highest BCUT2D eigenvalue weighted by Gasteiger charge is 2.26. The van der Waals surface area contributed by atoms with Crippen LogP contribution in [0.4, 0.5) is 0 Å². The van der Waals surface area contributed by atoms with Gasteiger partial charge in [-0.25, -0.2) is 4.79 Å². The molecule has 0 radical (unpaired) electrons. The molecule has 0 saturated carbocycles. The number of carbonyl (C=O) groups excluding carboxylic acids is 2. The number of ketones is 1. The molecule has 118 valence electrons. The molecule has 0 spiro atoms. The fourth-order valence-corrected chi connectivity index (χ4v) is 2.68. The molecule has 1 aromatic carbocycles. The molecular weight excluding hydrogens is 292 g/mol. The Morgan fingerprint density at radius 3 is 2.65 bits per heavy atom. The van der Waals surface area contributed by atoms with Gasteiger partial charge in [-0.1, -0.05) is 42.5 Å². The van der Waals surface area contributed by atoms with E-state index < -0.39 is 0 Å². The van der Waals surface area contributed by atoms with E-state index in [-0.39, 0.29) is 24.0 Å². The summed E-state index contributed by atoms with van der Waals surface area (Å²) in [6, 6.07) is 9.82. The summed E-state index contributed by atoms with van der Waals surface area (Å²) in [5.74, 6) is 0.252. The monoisotopic (exact) mass is 310 g/mol. The van der Waals surface area contributed by atoms with Gasteiger partial charge in [0.25, 0.3) is 0 Å². The summed E-state index contributed by atoms with van der Waals surface area (Å²) in [5.41, 5.74) is 1.04. The Morgan fingerprint density at radius 2 is 1.87 bits per heavy atom. The van der Waals surface area contributed by atoms with Crippen molar-refractivity contribution in [2.45, 2.75) is 31.5 Å². The second-order valence-corrected chi connectivity index (χ2v) is 5.63. The van der Waals surface area contributed by atoms with E-state index in [9.17, 15) is 9.59 Å². The molecule has 0 fully saturated rings. The Bertz CT molecular complexity index is 670. The van der Waals surface area contributed by atoms with Gasteiger partial charge < -0.3 is 9.47 Å². The zero-order chi connectivity index (χ0) is 16.1. The lowest BCUT2D eigenvalue weighted by Crippen LogP contribution is -2.29. The lowest BCUT2D eigenvalue weighted by Gasteiger charge is -2.27. The van der Waals surface area contributed by atoms with Crippen molar-refractivity contribution in [3.8, 4) is 0 Å². The van der Waals surface area contributed by atoms with Crippen LogP contribution in [-0.4, -0.2) is 24.0 Å². The molecule has 4 heteroatoms. The maximum atomic E-state index is 11.9. The summed E-state index contributed by atoms with van der Waals surface area (Å²) in [6.07, 6.45) is 9.48. The third-order valence-corrected chi connectivity index (χ3v) is 3.74. The van der Waals surface area contributed by atoms with Gasteiger partial charge in [0.2, 0.25) is 0 Å². The van der Waals surface area contributed by atoms with Gasteiger partial charge in [-0.15, -0.1) is 0 Å². The zero-order valence-corrected chi connectivity index (χ0v) is 12.7. The molecule has 4 nitrogen and oxygen atoms in total. The number of cyclic esters (lactones) is 1. The molecule has 0 aromatic heterocycles. The molecule has 2 atom stereocenters. The summed E-state index contributed by atoms with van der Waals surface area (Å²) < 4.78 is 11.1. The van der Waals surface area contributed by atoms with E-state index in [1.165, 1.54) is 12.2 Å². The van der Waals surface area contributed by atoms with Gasteiger partial charge >= 0.3 is 5.97 Å². The largest absolute Gasteiger partial charge is 0.490 e. The normalized spacial score (nSPS) is 24.3. The van der Waals surface area contributed by atoms with Crippen molar-refractivity contribution in [2.75, 3.05) is 0 Å². The van der Waals surface area contributed by atoms with E-state index in [1.807, 2.05) is 36.4 Å². The van der Waals surface area contributed by atoms with E-state index in [2.05, 4.69) is 0 Å². The standard InChI is InChI=1S/C19H18O4/c20-15-11-17(10-9-14-5-2-1-3-6-14)22-18(12-15)13-16-7-4-8-19(21)23-16/h1-6,8-11,16,18H,7,12-13H2/b10-9+/t16-,18?/m1/s1. The third kappa shape index (κ3) is 4.42. The van der Waals surface area contributed by atoms with Gasteiger partial charge in [0.05, 0.1) is 0 Å². The van der Waals surface area contributed by atoms with Crippen molar-refractivity contribution in [3.05, 3.63) is 66.0 Å². The Balaban J connectivity index is 1.62. The summed E-state index contributed by atoms with van der Waals surface area (Å²) in [4.78, 5) is 23.2. The lowest BCUT2D eigenvalue weighted by molar-refractivity contribution is -0.145. The van der Waals surface area contributed by atoms with E-state index >= 15 is 0 Å². The highest BCUT2D eigenvalue weighted by atomic mass is 16.5. The number of carbonyl (C=O) groups is 2. The molecule has 0 N–H and O–H groups in total. The van der Waals surface area contributed by atoms with Gasteiger partial charge in [0.15, 0.2) is 5.78 Å². The predicted octanol–water partition coefficient (Wildman–Crippen LogP) is 3.20. The first-order valence-corrected chi connectivity index (χ1v) is 7.70. The molecule has 0 aliphatic carbocycles. The number of benzene rings is 1. The highest BCUT2D eigenvalue weighted by Crippen LogP contribution is 2.23. The van der Waals surface area contributed by atoms with Crippen molar-refractivity contribution in [3.63, 3.8) is 0 Å². The molecule has 1 aromatic rings. The van der Waals surface area contributed by atoms with Crippen LogP contribution in [-0.2, 0) is 19.1 Å². The van der Waals surface area contributed by atoms with Crippen LogP contribution in [0.5, 0.6) is 0 Å². The summed E-state index contributed by atoms with van der Waals surface area (Å²) >= 11 is 0. The van der Waals surface area contributed by atoms with Crippen LogP contribution in [0.2, 0.25) is 0 Å². The number of allylic oxidation sites excluding steroid dienone is 2. The van der Waals surface area contributed by atoms with Crippen LogP contribution in [0.25, 0.3) is 6.08 Å². The quantitative estimate of drug-likeness (QED) is 0.801. The summed E-state index contributed by atoms with van der Waals surface area (Å²) in [6.45, 7) is 0. The number of hydrogen-bond donors (Lipinski definition) is 0. The van der Waals surface area contributed by atoms with Crippen molar-refractivity contribution in [2.24, 2.45) is 0 Å². The van der Waals surface area contributed by atoms with Gasteiger partial charge in [0.1, 0.15) is 18.0 Å². The smallest absolute Gasteiger partial charge is 0.330 e. The molecule has 1 unspecified atom stereocenters. The molecule has 2 aliphatic heterocycles. The molecule has 3 rings (SSSR count). The molecule has 0 amide bonds. The second kappa shape index (κ2) is 7.09. The molecular formula is C19H18O4. The van der Waals surface area contributed by atoms with Crippen LogP contribution in [0, 0.1) is 0 Å². The average molecular weight is 310 g/mol. The van der Waals surface area contributed by atoms with Crippen molar-refractivity contribution in [1.82, 2.24) is 0 Å². The first-order chi connectivity index (χ1) is 11.2. The fourth-order valence-electron chi connectivity index (χ4n) is 2.68. The SMILES string of the molecule is O=C1C=C(/C=C/c2ccccc2)OC(C[C@H]2CC=CC(=O)O2)C1. The number of hydrogen-bond acceptors (Lipinski definition) is 4. The first kappa shape index (κ1) is 15.3. The fraction of sp³-hybridized carbons (Fsp3) is 0.263. The maximum absolute atomic E-state index is 11.9. The minimum atomic E-state index is -0.330. The molecule has 23 heavy (non-hydrogen) atoms.